The monoisotopic (exact) mass is 518 g/mol. The summed E-state index contributed by atoms with van der Waals surface area (Å²) >= 11 is 0. The molecule has 0 aromatic carbocycles. The Balaban J connectivity index is 1.68. The van der Waals surface area contributed by atoms with Crippen molar-refractivity contribution in [2.45, 2.75) is 87.4 Å². The van der Waals surface area contributed by atoms with Crippen LogP contribution in [0, 0.1) is 0 Å². The summed E-state index contributed by atoms with van der Waals surface area (Å²) in [5.74, 6) is 0. The van der Waals surface area contributed by atoms with Crippen LogP contribution < -0.4 is 10.5 Å². The second-order valence-electron chi connectivity index (χ2n) is 8.36. The maximum atomic E-state index is 11.2. The van der Waals surface area contributed by atoms with E-state index in [2.05, 4.69) is 0 Å². The van der Waals surface area contributed by atoms with Crippen molar-refractivity contribution in [2.75, 3.05) is 26.4 Å². The lowest BCUT2D eigenvalue weighted by molar-refractivity contribution is -0.327. The van der Waals surface area contributed by atoms with Crippen LogP contribution in [0.1, 0.15) is 19.8 Å². The fourth-order valence-electron chi connectivity index (χ4n) is 3.93. The predicted molar refractivity (Wildman–Crippen MR) is 110 cm³/mol. The van der Waals surface area contributed by atoms with Gasteiger partial charge in [-0.05, 0) is 6.92 Å². The van der Waals surface area contributed by atoms with Gasteiger partial charge in [-0.3, -0.25) is 4.55 Å². The molecule has 3 rings (SSSR count). The molecule has 200 valence electrons. The van der Waals surface area contributed by atoms with E-state index in [1.165, 1.54) is 0 Å². The van der Waals surface area contributed by atoms with Crippen molar-refractivity contribution in [1.29, 1.82) is 0 Å². The van der Waals surface area contributed by atoms with E-state index >= 15 is 0 Å². The molecule has 11 atom stereocenters. The van der Waals surface area contributed by atoms with Crippen molar-refractivity contribution in [1.82, 2.24) is 4.72 Å². The van der Waals surface area contributed by atoms with Gasteiger partial charge in [-0.25, -0.2) is 0 Å². The average Bonchev–Trinajstić information content (AvgIpc) is 2.76. The number of nitrogens with one attached hydrogen (secondary N) is 1. The SMILES string of the molecule is CCO[C@H]1C[C@H](O)[C@H](O[C@@H]2OC(CNS(=O)(=O)O)[C@@H](O[C@H]3C[C@H](O)[C@H](O)CO3)[C@H](O)C2N)CO1. The molecule has 3 aliphatic rings. The summed E-state index contributed by atoms with van der Waals surface area (Å²) in [6.45, 7) is 1.40. The molecule has 3 saturated heterocycles. The molecule has 0 bridgehead atoms. The standard InChI is InChI=1S/C18H34N2O13S/c1-2-28-13-4-9(22)12(7-30-13)32-18-15(19)16(24)17(11(31-18)5-20-34(25,26)27)33-14-3-8(21)10(23)6-29-14/h8-18,20-24H,2-7,19H2,1H3,(H,25,26,27)/t8-,9-,10+,11?,12+,13+,14-,15?,16+,17+,18-/m0/s1. The first-order chi connectivity index (χ1) is 16.0. The summed E-state index contributed by atoms with van der Waals surface area (Å²) in [4.78, 5) is 0. The Bertz CT molecular complexity index is 745. The fourth-order valence-corrected chi connectivity index (χ4v) is 4.30. The Morgan fingerprint density at radius 1 is 1.00 bits per heavy atom. The van der Waals surface area contributed by atoms with Crippen LogP contribution in [0.25, 0.3) is 0 Å². The zero-order chi connectivity index (χ0) is 25.0. The van der Waals surface area contributed by atoms with E-state index in [1.54, 1.807) is 6.92 Å². The average molecular weight is 519 g/mol. The van der Waals surface area contributed by atoms with Crippen molar-refractivity contribution in [3.05, 3.63) is 0 Å². The summed E-state index contributed by atoms with van der Waals surface area (Å²) < 4.78 is 66.7. The molecule has 0 aromatic rings. The van der Waals surface area contributed by atoms with Gasteiger partial charge < -0.3 is 54.6 Å². The minimum atomic E-state index is -4.61. The highest BCUT2D eigenvalue weighted by Crippen LogP contribution is 2.29. The highest BCUT2D eigenvalue weighted by molar-refractivity contribution is 7.83. The van der Waals surface area contributed by atoms with Crippen LogP contribution in [0.5, 0.6) is 0 Å². The van der Waals surface area contributed by atoms with E-state index in [4.69, 9.17) is 38.7 Å². The van der Waals surface area contributed by atoms with E-state index in [9.17, 15) is 28.8 Å². The highest BCUT2D eigenvalue weighted by Gasteiger charge is 2.48. The lowest BCUT2D eigenvalue weighted by Gasteiger charge is -2.46. The Morgan fingerprint density at radius 3 is 2.29 bits per heavy atom. The molecule has 15 nitrogen and oxygen atoms in total. The molecule has 16 heteroatoms. The van der Waals surface area contributed by atoms with Gasteiger partial charge in [0.05, 0.1) is 31.5 Å². The smallest absolute Gasteiger partial charge is 0.333 e. The second-order valence-corrected chi connectivity index (χ2v) is 9.60. The zero-order valence-corrected chi connectivity index (χ0v) is 19.4. The first kappa shape index (κ1) is 28.0. The maximum absolute atomic E-state index is 11.2. The summed E-state index contributed by atoms with van der Waals surface area (Å²) in [6.07, 6.45) is -10.9. The summed E-state index contributed by atoms with van der Waals surface area (Å²) in [5.41, 5.74) is 6.10. The molecular formula is C18H34N2O13S. The Labute approximate surface area is 196 Å². The summed E-state index contributed by atoms with van der Waals surface area (Å²) in [5, 5.41) is 40.7. The Morgan fingerprint density at radius 2 is 1.68 bits per heavy atom. The van der Waals surface area contributed by atoms with Gasteiger partial charge in [-0.2, -0.15) is 13.1 Å². The normalized spacial score (nSPS) is 44.1. The number of aliphatic hydroxyl groups is 4. The molecule has 8 N–H and O–H groups in total. The van der Waals surface area contributed by atoms with Crippen LogP contribution in [0.15, 0.2) is 0 Å². The Kier molecular flexibility index (Phi) is 9.98. The number of nitrogens with two attached hydrogens (primary N) is 1. The molecule has 0 aromatic heterocycles. The highest BCUT2D eigenvalue weighted by atomic mass is 32.2. The van der Waals surface area contributed by atoms with Crippen LogP contribution in [0.4, 0.5) is 0 Å². The molecule has 3 aliphatic heterocycles. The van der Waals surface area contributed by atoms with Crippen molar-refractivity contribution < 1.29 is 61.8 Å². The molecule has 2 unspecified atom stereocenters. The van der Waals surface area contributed by atoms with Crippen molar-refractivity contribution in [3.63, 3.8) is 0 Å². The van der Waals surface area contributed by atoms with Crippen molar-refractivity contribution in [2.24, 2.45) is 5.73 Å². The van der Waals surface area contributed by atoms with Crippen LogP contribution in [-0.2, 0) is 38.7 Å². The maximum Gasteiger partial charge on any atom is 0.333 e. The van der Waals surface area contributed by atoms with Gasteiger partial charge in [0.15, 0.2) is 18.9 Å². The molecule has 0 spiro atoms. The molecule has 0 radical (unpaired) electrons. The lowest BCUT2D eigenvalue weighted by atomic mass is 9.96. The quantitative estimate of drug-likeness (QED) is 0.145. The number of ether oxygens (including phenoxy) is 6. The third-order valence-electron chi connectivity index (χ3n) is 5.80. The molecule has 0 saturated carbocycles. The summed E-state index contributed by atoms with van der Waals surface area (Å²) in [7, 11) is -4.61. The number of rotatable bonds is 9. The van der Waals surface area contributed by atoms with Gasteiger partial charge in [-0.1, -0.05) is 0 Å². The van der Waals surface area contributed by atoms with E-state index in [0.29, 0.717) is 6.61 Å². The van der Waals surface area contributed by atoms with E-state index in [1.807, 2.05) is 4.72 Å². The largest absolute Gasteiger partial charge is 0.390 e. The molecule has 3 heterocycles. The van der Waals surface area contributed by atoms with Crippen molar-refractivity contribution in [3.8, 4) is 0 Å². The molecule has 34 heavy (non-hydrogen) atoms. The van der Waals surface area contributed by atoms with Crippen LogP contribution >= 0.6 is 0 Å². The van der Waals surface area contributed by atoms with Gasteiger partial charge in [-0.15, -0.1) is 0 Å². The third-order valence-corrected chi connectivity index (χ3v) is 6.33. The zero-order valence-electron chi connectivity index (χ0n) is 18.6. The molecule has 0 aliphatic carbocycles. The predicted octanol–water partition coefficient (Wildman–Crippen LogP) is -3.83. The molecule has 0 amide bonds. The van der Waals surface area contributed by atoms with Gasteiger partial charge in [0, 0.05) is 26.0 Å². The van der Waals surface area contributed by atoms with E-state index in [0.717, 1.165) is 0 Å². The van der Waals surface area contributed by atoms with Gasteiger partial charge in [0.1, 0.15) is 30.5 Å². The first-order valence-corrected chi connectivity index (χ1v) is 12.4. The van der Waals surface area contributed by atoms with Crippen LogP contribution in [-0.4, -0.2) is 127 Å². The topological polar surface area (TPSA) is 229 Å². The van der Waals surface area contributed by atoms with Gasteiger partial charge in [0.2, 0.25) is 0 Å². The minimum absolute atomic E-state index is 0.0432. The number of aliphatic hydroxyl groups excluding tert-OH is 4. The minimum Gasteiger partial charge on any atom is -0.390 e. The lowest BCUT2D eigenvalue weighted by Crippen LogP contribution is -2.66. The third kappa shape index (κ3) is 7.47. The number of hydrogen-bond donors (Lipinski definition) is 7. The molecule has 3 fully saturated rings. The fraction of sp³-hybridized carbons (Fsp3) is 1.00. The first-order valence-electron chi connectivity index (χ1n) is 11.0. The van der Waals surface area contributed by atoms with Crippen molar-refractivity contribution >= 4 is 10.3 Å². The van der Waals surface area contributed by atoms with Gasteiger partial charge in [0.25, 0.3) is 0 Å². The summed E-state index contributed by atoms with van der Waals surface area (Å²) in [6, 6.07) is -1.19. The number of hydrogen-bond acceptors (Lipinski definition) is 13. The second kappa shape index (κ2) is 12.1. The van der Waals surface area contributed by atoms with E-state index < -0.39 is 84.5 Å². The molecular weight excluding hydrogens is 484 g/mol. The van der Waals surface area contributed by atoms with E-state index in [-0.39, 0.29) is 26.1 Å². The van der Waals surface area contributed by atoms with Crippen LogP contribution in [0.2, 0.25) is 0 Å². The van der Waals surface area contributed by atoms with Gasteiger partial charge >= 0.3 is 10.3 Å². The Hall–Kier alpha value is -0.570. The van der Waals surface area contributed by atoms with Crippen LogP contribution in [0.3, 0.4) is 0 Å².